The maximum absolute atomic E-state index is 5.53. The van der Waals surface area contributed by atoms with Crippen LogP contribution in [0, 0.1) is 0 Å². The molecule has 0 amide bonds. The standard InChI is InChI=1S/C12H16O3/c1-3-9-5-7-10(8-6-9)12-13-11(4-2)14-15-12/h5-8,11-12H,3-4H2,1-2H3. The molecule has 0 saturated carbocycles. The molecule has 82 valence electrons. The second-order valence-corrected chi connectivity index (χ2v) is 3.59. The molecule has 0 aromatic heterocycles. The Kier molecular flexibility index (Phi) is 3.36. The summed E-state index contributed by atoms with van der Waals surface area (Å²) in [7, 11) is 0. The predicted octanol–water partition coefficient (Wildman–Crippen LogP) is 2.96. The Bertz CT molecular complexity index is 307. The fraction of sp³-hybridized carbons (Fsp3) is 0.500. The van der Waals surface area contributed by atoms with Crippen LogP contribution in [-0.2, 0) is 20.9 Å². The van der Waals surface area contributed by atoms with Crippen LogP contribution in [0.3, 0.4) is 0 Å². The van der Waals surface area contributed by atoms with Gasteiger partial charge in [0.1, 0.15) is 0 Å². The van der Waals surface area contributed by atoms with Gasteiger partial charge in [0.15, 0.2) is 6.29 Å². The maximum atomic E-state index is 5.53. The van der Waals surface area contributed by atoms with Crippen molar-refractivity contribution in [3.05, 3.63) is 35.4 Å². The number of ether oxygens (including phenoxy) is 1. The highest BCUT2D eigenvalue weighted by Gasteiger charge is 2.27. The highest BCUT2D eigenvalue weighted by atomic mass is 17.3. The van der Waals surface area contributed by atoms with Gasteiger partial charge in [-0.2, -0.15) is 4.89 Å². The minimum absolute atomic E-state index is 0.235. The van der Waals surface area contributed by atoms with Gasteiger partial charge >= 0.3 is 0 Å². The van der Waals surface area contributed by atoms with Gasteiger partial charge < -0.3 is 4.74 Å². The van der Waals surface area contributed by atoms with Gasteiger partial charge in [0.25, 0.3) is 0 Å². The highest BCUT2D eigenvalue weighted by Crippen LogP contribution is 2.29. The van der Waals surface area contributed by atoms with Gasteiger partial charge in [-0.05, 0) is 18.4 Å². The van der Waals surface area contributed by atoms with Crippen LogP contribution in [0.1, 0.15) is 37.7 Å². The number of aryl methyl sites for hydroxylation is 1. The maximum Gasteiger partial charge on any atom is 0.220 e. The van der Waals surface area contributed by atoms with E-state index in [4.69, 9.17) is 14.5 Å². The highest BCUT2D eigenvalue weighted by molar-refractivity contribution is 5.23. The Hall–Kier alpha value is -0.900. The molecule has 0 aliphatic carbocycles. The third-order valence-electron chi connectivity index (χ3n) is 2.52. The Morgan fingerprint density at radius 3 is 2.33 bits per heavy atom. The molecule has 1 fully saturated rings. The van der Waals surface area contributed by atoms with Crippen LogP contribution in [0.25, 0.3) is 0 Å². The molecule has 1 aromatic rings. The van der Waals surface area contributed by atoms with E-state index >= 15 is 0 Å². The Labute approximate surface area is 89.9 Å². The van der Waals surface area contributed by atoms with Crippen molar-refractivity contribution in [2.75, 3.05) is 0 Å². The second-order valence-electron chi connectivity index (χ2n) is 3.59. The van der Waals surface area contributed by atoms with E-state index in [1.54, 1.807) is 0 Å². The molecule has 0 N–H and O–H groups in total. The minimum Gasteiger partial charge on any atom is -0.313 e. The monoisotopic (exact) mass is 208 g/mol. The van der Waals surface area contributed by atoms with Gasteiger partial charge in [0, 0.05) is 5.56 Å². The lowest BCUT2D eigenvalue weighted by Crippen LogP contribution is -2.05. The van der Waals surface area contributed by atoms with Crippen LogP contribution < -0.4 is 0 Å². The summed E-state index contributed by atoms with van der Waals surface area (Å²) in [6, 6.07) is 8.21. The van der Waals surface area contributed by atoms with Crippen molar-refractivity contribution in [3.63, 3.8) is 0 Å². The quantitative estimate of drug-likeness (QED) is 0.715. The van der Waals surface area contributed by atoms with E-state index in [-0.39, 0.29) is 12.6 Å². The molecule has 2 rings (SSSR count). The van der Waals surface area contributed by atoms with E-state index in [0.29, 0.717) is 0 Å². The molecule has 1 aliphatic heterocycles. The smallest absolute Gasteiger partial charge is 0.220 e. The molecule has 2 unspecified atom stereocenters. The average Bonchev–Trinajstić information content (AvgIpc) is 2.78. The van der Waals surface area contributed by atoms with E-state index in [1.807, 2.05) is 19.1 Å². The van der Waals surface area contributed by atoms with Crippen LogP contribution >= 0.6 is 0 Å². The van der Waals surface area contributed by atoms with E-state index in [2.05, 4.69) is 19.1 Å². The fourth-order valence-electron chi connectivity index (χ4n) is 1.50. The van der Waals surface area contributed by atoms with Crippen LogP contribution in [0.2, 0.25) is 0 Å². The molecule has 0 radical (unpaired) electrons. The lowest BCUT2D eigenvalue weighted by molar-refractivity contribution is -0.298. The van der Waals surface area contributed by atoms with Crippen molar-refractivity contribution < 1.29 is 14.5 Å². The molecule has 3 heteroatoms. The van der Waals surface area contributed by atoms with Gasteiger partial charge in [-0.1, -0.05) is 38.1 Å². The molecular weight excluding hydrogens is 192 g/mol. The topological polar surface area (TPSA) is 27.7 Å². The Balaban J connectivity index is 2.04. The average molecular weight is 208 g/mol. The fourth-order valence-corrected chi connectivity index (χ4v) is 1.50. The minimum atomic E-state index is -0.374. The third kappa shape index (κ3) is 2.37. The van der Waals surface area contributed by atoms with Crippen LogP contribution in [-0.4, -0.2) is 6.29 Å². The lowest BCUT2D eigenvalue weighted by Gasteiger charge is -2.07. The van der Waals surface area contributed by atoms with Crippen molar-refractivity contribution in [2.24, 2.45) is 0 Å². The first-order chi connectivity index (χ1) is 7.33. The number of benzene rings is 1. The van der Waals surface area contributed by atoms with Crippen molar-refractivity contribution in [1.29, 1.82) is 0 Å². The number of hydrogen-bond donors (Lipinski definition) is 0. The van der Waals surface area contributed by atoms with Crippen molar-refractivity contribution in [2.45, 2.75) is 39.3 Å². The number of hydrogen-bond acceptors (Lipinski definition) is 3. The lowest BCUT2D eigenvalue weighted by atomic mass is 10.1. The Morgan fingerprint density at radius 1 is 1.07 bits per heavy atom. The van der Waals surface area contributed by atoms with Gasteiger partial charge in [-0.15, -0.1) is 0 Å². The van der Waals surface area contributed by atoms with Crippen molar-refractivity contribution >= 4 is 0 Å². The summed E-state index contributed by atoms with van der Waals surface area (Å²) in [6.45, 7) is 4.13. The van der Waals surface area contributed by atoms with Gasteiger partial charge in [0.2, 0.25) is 6.29 Å². The molecule has 1 saturated heterocycles. The predicted molar refractivity (Wildman–Crippen MR) is 55.9 cm³/mol. The number of rotatable bonds is 3. The molecule has 3 nitrogen and oxygen atoms in total. The van der Waals surface area contributed by atoms with Crippen molar-refractivity contribution in [3.8, 4) is 0 Å². The molecule has 2 atom stereocenters. The molecule has 0 spiro atoms. The van der Waals surface area contributed by atoms with E-state index in [1.165, 1.54) is 5.56 Å². The van der Waals surface area contributed by atoms with E-state index in [0.717, 1.165) is 18.4 Å². The Morgan fingerprint density at radius 2 is 1.80 bits per heavy atom. The molecular formula is C12H16O3. The van der Waals surface area contributed by atoms with Gasteiger partial charge in [0.05, 0.1) is 0 Å². The summed E-state index contributed by atoms with van der Waals surface area (Å²) in [5, 5.41) is 0. The third-order valence-corrected chi connectivity index (χ3v) is 2.52. The molecule has 0 bridgehead atoms. The first-order valence-electron chi connectivity index (χ1n) is 5.40. The van der Waals surface area contributed by atoms with Crippen LogP contribution in [0.5, 0.6) is 0 Å². The summed E-state index contributed by atoms with van der Waals surface area (Å²) in [4.78, 5) is 10.1. The summed E-state index contributed by atoms with van der Waals surface area (Å²) in [5.74, 6) is 0. The zero-order valence-corrected chi connectivity index (χ0v) is 9.10. The molecule has 1 aromatic carbocycles. The van der Waals surface area contributed by atoms with Crippen molar-refractivity contribution in [1.82, 2.24) is 0 Å². The first kappa shape index (κ1) is 10.6. The molecule has 1 aliphatic rings. The van der Waals surface area contributed by atoms with Gasteiger partial charge in [-0.3, -0.25) is 0 Å². The molecule has 15 heavy (non-hydrogen) atoms. The van der Waals surface area contributed by atoms with Crippen LogP contribution in [0.4, 0.5) is 0 Å². The summed E-state index contributed by atoms with van der Waals surface area (Å²) in [6.07, 6.45) is 1.23. The second kappa shape index (κ2) is 4.75. The summed E-state index contributed by atoms with van der Waals surface area (Å²) in [5.41, 5.74) is 2.31. The SMILES string of the molecule is CCc1ccc(C2OOC(CC)O2)cc1. The van der Waals surface area contributed by atoms with E-state index < -0.39 is 0 Å². The summed E-state index contributed by atoms with van der Waals surface area (Å²) < 4.78 is 5.53. The first-order valence-corrected chi connectivity index (χ1v) is 5.40. The largest absolute Gasteiger partial charge is 0.313 e. The zero-order valence-electron chi connectivity index (χ0n) is 9.10. The summed E-state index contributed by atoms with van der Waals surface area (Å²) >= 11 is 0. The zero-order chi connectivity index (χ0) is 10.7. The van der Waals surface area contributed by atoms with Gasteiger partial charge in [-0.25, -0.2) is 4.89 Å². The normalized spacial score (nSPS) is 25.7. The van der Waals surface area contributed by atoms with E-state index in [9.17, 15) is 0 Å². The van der Waals surface area contributed by atoms with Crippen LogP contribution in [0.15, 0.2) is 24.3 Å². The molecule has 1 heterocycles.